The van der Waals surface area contributed by atoms with Crippen molar-refractivity contribution in [3.63, 3.8) is 0 Å². The Morgan fingerprint density at radius 2 is 0.959 bits per heavy atom. The summed E-state index contributed by atoms with van der Waals surface area (Å²) in [6, 6.07) is 20.6. The van der Waals surface area contributed by atoms with Gasteiger partial charge in [-0.25, -0.2) is 0 Å². The van der Waals surface area contributed by atoms with Gasteiger partial charge in [-0.2, -0.15) is 0 Å². The molecule has 0 bridgehead atoms. The Kier molecular flexibility index (Phi) is 9.57. The number of anilines is 4. The number of aliphatic hydroxyl groups excluding tert-OH is 2. The van der Waals surface area contributed by atoms with Crippen molar-refractivity contribution < 1.29 is 20.4 Å². The van der Waals surface area contributed by atoms with Crippen LogP contribution in [0.4, 0.5) is 22.7 Å². The predicted octanol–water partition coefficient (Wildman–Crippen LogP) is 5.21. The zero-order chi connectivity index (χ0) is 35.6. The molecule has 264 valence electrons. The van der Waals surface area contributed by atoms with Crippen LogP contribution in [0.3, 0.4) is 0 Å². The largest absolute Gasteiger partial charge is 0.851 e. The molecule has 6 unspecified atom stereocenters. The fourth-order valence-electron chi connectivity index (χ4n) is 9.03. The van der Waals surface area contributed by atoms with Gasteiger partial charge in [0.05, 0.1) is 35.9 Å². The van der Waals surface area contributed by atoms with E-state index in [1.165, 1.54) is 0 Å². The summed E-state index contributed by atoms with van der Waals surface area (Å²) in [6.07, 6.45) is -3.40. The van der Waals surface area contributed by atoms with Crippen LogP contribution in [0.2, 0.25) is 0 Å². The molecule has 0 aromatic heterocycles. The second kappa shape index (κ2) is 13.3. The summed E-state index contributed by atoms with van der Waals surface area (Å²) in [5.41, 5.74) is 6.01. The maximum Gasteiger partial charge on any atom is 0.0981 e. The molecular formula is C41H54N4O4-2. The minimum absolute atomic E-state index is 0.0754. The highest BCUT2D eigenvalue weighted by atomic mass is 16.3. The van der Waals surface area contributed by atoms with Crippen LogP contribution in [0.15, 0.2) is 60.7 Å². The lowest BCUT2D eigenvalue weighted by Gasteiger charge is -2.64. The molecule has 0 saturated heterocycles. The zero-order valence-corrected chi connectivity index (χ0v) is 30.8. The molecule has 4 aromatic rings. The Morgan fingerprint density at radius 1 is 0.551 bits per heavy atom. The third-order valence-electron chi connectivity index (χ3n) is 12.2. The van der Waals surface area contributed by atoms with Crippen LogP contribution in [0.25, 0.3) is 21.5 Å². The molecule has 8 rings (SSSR count). The molecule has 2 fully saturated rings. The van der Waals surface area contributed by atoms with Crippen molar-refractivity contribution in [1.29, 1.82) is 0 Å². The molecule has 2 N–H and O–H groups in total. The Bertz CT molecular complexity index is 1680. The second-order valence-electron chi connectivity index (χ2n) is 14.0. The van der Waals surface area contributed by atoms with Gasteiger partial charge in [0, 0.05) is 62.2 Å². The number of benzene rings is 4. The van der Waals surface area contributed by atoms with Gasteiger partial charge >= 0.3 is 0 Å². The number of nitrogens with zero attached hydrogens (tertiary/aromatic N) is 4. The van der Waals surface area contributed by atoms with Gasteiger partial charge in [0.25, 0.3) is 0 Å². The van der Waals surface area contributed by atoms with Gasteiger partial charge in [-0.1, -0.05) is 82.1 Å². The average Bonchev–Trinajstić information content (AvgIpc) is 3.13. The molecule has 0 spiro atoms. The van der Waals surface area contributed by atoms with Crippen molar-refractivity contribution in [2.75, 3.05) is 47.8 Å². The first kappa shape index (κ1) is 35.3. The first-order valence-electron chi connectivity index (χ1n) is 18.2. The van der Waals surface area contributed by atoms with Crippen LogP contribution in [0, 0.1) is 11.8 Å². The molecule has 0 amide bonds. The van der Waals surface area contributed by atoms with Crippen LogP contribution in [-0.2, 0) is 0 Å². The maximum atomic E-state index is 13.9. The second-order valence-corrected chi connectivity index (χ2v) is 14.0. The van der Waals surface area contributed by atoms with Gasteiger partial charge < -0.3 is 40.0 Å². The fourth-order valence-corrected chi connectivity index (χ4v) is 9.03. The van der Waals surface area contributed by atoms with E-state index in [2.05, 4.69) is 91.0 Å². The highest BCUT2D eigenvalue weighted by Crippen LogP contribution is 2.55. The summed E-state index contributed by atoms with van der Waals surface area (Å²) in [7, 11) is 8.25. The molecule has 8 heteroatoms. The van der Waals surface area contributed by atoms with Crippen LogP contribution in [0.5, 0.6) is 0 Å². The Balaban J connectivity index is 0.00000101. The van der Waals surface area contributed by atoms with E-state index < -0.39 is 48.1 Å². The quantitative estimate of drug-likeness (QED) is 0.307. The summed E-state index contributed by atoms with van der Waals surface area (Å²) in [4.78, 5) is 8.86. The molecule has 8 nitrogen and oxygen atoms in total. The van der Waals surface area contributed by atoms with E-state index in [0.29, 0.717) is 0 Å². The van der Waals surface area contributed by atoms with E-state index in [0.717, 1.165) is 55.4 Å². The van der Waals surface area contributed by atoms with Crippen LogP contribution in [-0.4, -0.2) is 75.2 Å². The molecule has 2 aliphatic carbocycles. The highest BCUT2D eigenvalue weighted by molar-refractivity contribution is 6.08. The van der Waals surface area contributed by atoms with E-state index in [1.807, 2.05) is 59.0 Å². The fraction of sp³-hybridized carbons (Fsp3) is 0.512. The van der Waals surface area contributed by atoms with E-state index in [-0.39, 0.29) is 18.8 Å². The summed E-state index contributed by atoms with van der Waals surface area (Å²) in [5.74, 6) is -2.27. The number of hydrogen-bond donors (Lipinski definition) is 2. The van der Waals surface area contributed by atoms with Gasteiger partial charge in [0.15, 0.2) is 0 Å². The van der Waals surface area contributed by atoms with Crippen molar-refractivity contribution in [3.8, 4) is 0 Å². The minimum atomic E-state index is -1.08. The smallest absolute Gasteiger partial charge is 0.0981 e. The van der Waals surface area contributed by atoms with Gasteiger partial charge in [-0.05, 0) is 60.2 Å². The zero-order valence-electron chi connectivity index (χ0n) is 30.8. The van der Waals surface area contributed by atoms with Gasteiger partial charge in [0.2, 0.25) is 0 Å². The van der Waals surface area contributed by atoms with E-state index >= 15 is 0 Å². The summed E-state index contributed by atoms with van der Waals surface area (Å²) in [5, 5.41) is 55.2. The van der Waals surface area contributed by atoms with Crippen molar-refractivity contribution in [2.45, 2.75) is 96.5 Å². The predicted molar refractivity (Wildman–Crippen MR) is 200 cm³/mol. The summed E-state index contributed by atoms with van der Waals surface area (Å²) in [6.45, 7) is 12.3. The Morgan fingerprint density at radius 3 is 1.39 bits per heavy atom. The lowest BCUT2D eigenvalue weighted by Crippen LogP contribution is -2.67. The van der Waals surface area contributed by atoms with Crippen LogP contribution < -0.4 is 29.8 Å². The SMILES string of the molecule is CC.CC.CC1N(C)c2cccc3ccc(C4C([O-])C(CC5C(O)C(c6ccc7cccc8c7c6N(C)C(C)N8C)C5O)C4[O-])c(c23)N1C. The number of hydrogen-bond acceptors (Lipinski definition) is 8. The highest BCUT2D eigenvalue weighted by Gasteiger charge is 2.53. The van der Waals surface area contributed by atoms with Crippen molar-refractivity contribution in [3.05, 3.63) is 71.8 Å². The maximum absolute atomic E-state index is 13.9. The number of aliphatic hydroxyl groups is 2. The Hall–Kier alpha value is -3.56. The lowest BCUT2D eigenvalue weighted by atomic mass is 9.56. The van der Waals surface area contributed by atoms with Crippen molar-refractivity contribution in [1.82, 2.24) is 0 Å². The first-order chi connectivity index (χ1) is 23.5. The monoisotopic (exact) mass is 666 g/mol. The van der Waals surface area contributed by atoms with Crippen LogP contribution in [0.1, 0.15) is 70.9 Å². The van der Waals surface area contributed by atoms with Crippen molar-refractivity contribution in [2.24, 2.45) is 11.8 Å². The van der Waals surface area contributed by atoms with E-state index in [9.17, 15) is 20.4 Å². The first-order valence-corrected chi connectivity index (χ1v) is 18.2. The van der Waals surface area contributed by atoms with Crippen LogP contribution >= 0.6 is 0 Å². The molecule has 4 aliphatic rings. The average molecular weight is 667 g/mol. The molecule has 2 heterocycles. The molecule has 0 radical (unpaired) electrons. The lowest BCUT2D eigenvalue weighted by molar-refractivity contribution is -0.551. The van der Waals surface area contributed by atoms with Gasteiger partial charge in [0.1, 0.15) is 0 Å². The van der Waals surface area contributed by atoms with Gasteiger partial charge in [-0.15, -0.1) is 12.2 Å². The van der Waals surface area contributed by atoms with Crippen molar-refractivity contribution >= 4 is 44.3 Å². The normalized spacial score (nSPS) is 31.4. The molecule has 2 aliphatic heterocycles. The molecule has 2 saturated carbocycles. The van der Waals surface area contributed by atoms with E-state index in [1.54, 1.807) is 0 Å². The van der Waals surface area contributed by atoms with E-state index in [4.69, 9.17) is 0 Å². The minimum Gasteiger partial charge on any atom is -0.851 e. The molecule has 49 heavy (non-hydrogen) atoms. The summed E-state index contributed by atoms with van der Waals surface area (Å²) >= 11 is 0. The molecular weight excluding hydrogens is 612 g/mol. The Labute approximate surface area is 292 Å². The standard InChI is InChI=1S/C37H42N4O4.2C2H6/c1-18-38(3)26-11-7-9-20-13-15-22(32(28(20)26)40(18)5)30-34(42)24(35(30)43)17-25-36(44)31(37(25)45)23-16-14-21-10-8-12-27-29(21)33(23)41(6)19(2)39(27)4;2*1-2/h7-16,18-19,24-25,30-31,34-37,42-43H,17H2,1-6H3;2*1-2H3/q-2;;. The number of rotatable bonds is 4. The van der Waals surface area contributed by atoms with Gasteiger partial charge in [-0.3, -0.25) is 0 Å². The topological polar surface area (TPSA) is 99.5 Å². The molecule has 6 atom stereocenters. The molecule has 4 aromatic carbocycles. The third-order valence-corrected chi connectivity index (χ3v) is 12.2. The third kappa shape index (κ3) is 5.01. The summed E-state index contributed by atoms with van der Waals surface area (Å²) < 4.78 is 0.